The molecular weight excluding hydrogens is 285 g/mol. The van der Waals surface area contributed by atoms with Gasteiger partial charge >= 0.3 is 18.6 Å². The van der Waals surface area contributed by atoms with Crippen LogP contribution in [0, 0.1) is 0 Å². The number of imidazole rings is 1. The number of benzene rings is 1. The van der Waals surface area contributed by atoms with Gasteiger partial charge in [0, 0.05) is 18.5 Å². The van der Waals surface area contributed by atoms with E-state index in [-0.39, 0.29) is 24.0 Å². The monoisotopic (exact) mass is 298 g/mol. The van der Waals surface area contributed by atoms with Crippen LogP contribution in [0.15, 0.2) is 55.1 Å². The second-order valence-electron chi connectivity index (χ2n) is 2.98. The van der Waals surface area contributed by atoms with Gasteiger partial charge in [-0.05, 0) is 11.6 Å². The summed E-state index contributed by atoms with van der Waals surface area (Å²) in [5, 5.41) is 8.16. The van der Waals surface area contributed by atoms with Crippen molar-refractivity contribution in [2.75, 3.05) is 0 Å². The molecule has 0 spiro atoms. The molecule has 6 nitrogen and oxygen atoms in total. The second-order valence-corrected chi connectivity index (χ2v) is 2.98. The molecule has 97 valence electrons. The first kappa shape index (κ1) is 19.5. The number of nitrogens with zero attached hydrogens (tertiary/aromatic N) is 1. The normalized spacial score (nSPS) is 8.47. The predicted octanol–water partition coefficient (Wildman–Crippen LogP) is 1.49. The number of aromatic amines is 1. The number of rotatable bonds is 2. The van der Waals surface area contributed by atoms with Crippen molar-refractivity contribution in [2.45, 2.75) is 0 Å². The zero-order valence-corrected chi connectivity index (χ0v) is 11.3. The minimum absolute atomic E-state index is 0. The quantitative estimate of drug-likeness (QED) is 0.444. The van der Waals surface area contributed by atoms with Crippen molar-refractivity contribution in [3.8, 4) is 0 Å². The zero-order valence-electron chi connectivity index (χ0n) is 9.93. The van der Waals surface area contributed by atoms with E-state index >= 15 is 0 Å². The minimum Gasteiger partial charge on any atom is -2.00 e. The summed E-state index contributed by atoms with van der Waals surface area (Å²) >= 11 is 0. The van der Waals surface area contributed by atoms with Crippen LogP contribution in [0.3, 0.4) is 0 Å². The zero-order chi connectivity index (χ0) is 12.3. The third-order valence-electron chi connectivity index (χ3n) is 1.74. The first-order valence-corrected chi connectivity index (χ1v) is 4.93. The molecule has 0 aliphatic carbocycles. The van der Waals surface area contributed by atoms with E-state index < -0.39 is 5.91 Å². The molecule has 0 bridgehead atoms. The Morgan fingerprint density at radius 3 is 2.42 bits per heavy atom. The van der Waals surface area contributed by atoms with E-state index in [1.807, 2.05) is 30.3 Å². The van der Waals surface area contributed by atoms with Crippen LogP contribution >= 0.6 is 0 Å². The van der Waals surface area contributed by atoms with Gasteiger partial charge in [0.15, 0.2) is 0 Å². The van der Waals surface area contributed by atoms with Crippen molar-refractivity contribution in [1.29, 1.82) is 0 Å². The van der Waals surface area contributed by atoms with Gasteiger partial charge in [-0.25, -0.2) is 10.5 Å². The Labute approximate surface area is 122 Å². The molecule has 3 N–H and O–H groups in total. The molecule has 0 fully saturated rings. The molecule has 2 aromatic rings. The Balaban J connectivity index is 0. The van der Waals surface area contributed by atoms with Crippen LogP contribution in [-0.2, 0) is 28.8 Å². The summed E-state index contributed by atoms with van der Waals surface area (Å²) in [5.41, 5.74) is 2.43. The Morgan fingerprint density at radius 1 is 1.32 bits per heavy atom. The summed E-state index contributed by atoms with van der Waals surface area (Å²) in [4.78, 5) is 17.0. The first-order chi connectivity index (χ1) is 8.33. The number of H-pyrrole nitrogens is 1. The van der Waals surface area contributed by atoms with E-state index in [9.17, 15) is 4.79 Å². The molecule has 1 amide bonds. The van der Waals surface area contributed by atoms with Gasteiger partial charge in [-0.1, -0.05) is 30.3 Å². The molecule has 0 atom stereocenters. The summed E-state index contributed by atoms with van der Waals surface area (Å²) in [5.74, 6) is -0.529. The van der Waals surface area contributed by atoms with E-state index in [0.29, 0.717) is 0 Å². The molecule has 1 heterocycles. The molecule has 0 saturated carbocycles. The molecule has 0 saturated heterocycles. The molecule has 7 heteroatoms. The van der Waals surface area contributed by atoms with Crippen molar-refractivity contribution in [3.63, 3.8) is 0 Å². The summed E-state index contributed by atoms with van der Waals surface area (Å²) in [6.45, 7) is 0. The number of carbonyl (C=O) groups excluding carboxylic acids is 1. The van der Waals surface area contributed by atoms with Gasteiger partial charge in [-0.3, -0.25) is 10.0 Å². The van der Waals surface area contributed by atoms with Gasteiger partial charge in [0.25, 0.3) is 5.91 Å². The molecule has 1 aromatic carbocycles. The predicted molar refractivity (Wildman–Crippen MR) is 64.7 cm³/mol. The Kier molecular flexibility index (Phi) is 12.9. The second kappa shape index (κ2) is 12.6. The summed E-state index contributed by atoms with van der Waals surface area (Å²) in [6.07, 6.45) is 7.96. The van der Waals surface area contributed by atoms with Crippen molar-refractivity contribution in [2.24, 2.45) is 0 Å². The number of hydrogen-bond donors (Lipinski definition) is 3. The maximum atomic E-state index is 10.5. The van der Waals surface area contributed by atoms with Gasteiger partial charge in [0.05, 0.1) is 6.33 Å². The minimum atomic E-state index is -0.529. The molecular formula is C12H13N3O3V+2. The number of carbonyl (C=O) groups is 1. The largest absolute Gasteiger partial charge is 4.00 e. The summed E-state index contributed by atoms with van der Waals surface area (Å²) in [7, 11) is 0. The summed E-state index contributed by atoms with van der Waals surface area (Å²) in [6, 6.07) is 9.36. The fraction of sp³-hybridized carbons (Fsp3) is 0. The smallest absolute Gasteiger partial charge is 2.00 e. The Bertz CT molecular complexity index is 429. The molecule has 1 aromatic heterocycles. The van der Waals surface area contributed by atoms with Crippen molar-refractivity contribution >= 4 is 12.0 Å². The van der Waals surface area contributed by atoms with Crippen molar-refractivity contribution in [3.05, 3.63) is 60.7 Å². The van der Waals surface area contributed by atoms with Crippen molar-refractivity contribution in [1.82, 2.24) is 15.4 Å². The van der Waals surface area contributed by atoms with Crippen LogP contribution in [0.25, 0.3) is 6.08 Å². The van der Waals surface area contributed by atoms with Crippen LogP contribution in [0.5, 0.6) is 0 Å². The van der Waals surface area contributed by atoms with Gasteiger partial charge in [0.2, 0.25) is 0 Å². The third-order valence-corrected chi connectivity index (χ3v) is 1.74. The number of hydrogen-bond acceptors (Lipinski definition) is 3. The van der Waals surface area contributed by atoms with Crippen LogP contribution in [0.1, 0.15) is 5.56 Å². The van der Waals surface area contributed by atoms with Crippen LogP contribution in [0.2, 0.25) is 0 Å². The van der Waals surface area contributed by atoms with Gasteiger partial charge in [-0.15, -0.1) is 0 Å². The molecule has 0 unspecified atom stereocenters. The Morgan fingerprint density at radius 2 is 2.00 bits per heavy atom. The third kappa shape index (κ3) is 9.81. The molecule has 0 aliphatic heterocycles. The molecule has 0 aliphatic rings. The molecule has 1 radical (unpaired) electrons. The number of hydroxylamine groups is 1. The summed E-state index contributed by atoms with van der Waals surface area (Å²) < 4.78 is 0. The average Bonchev–Trinajstić information content (AvgIpc) is 2.96. The number of aromatic nitrogens is 2. The van der Waals surface area contributed by atoms with E-state index in [1.54, 1.807) is 24.8 Å². The van der Waals surface area contributed by atoms with Crippen LogP contribution < -0.4 is 5.48 Å². The Hall–Kier alpha value is -1.86. The van der Waals surface area contributed by atoms with Gasteiger partial charge in [0.1, 0.15) is 0 Å². The number of nitrogens with one attached hydrogen (secondary N) is 2. The standard InChI is InChI=1S/C9H9NO2.C3H4N2.O.V/c11-9(10-12)7-6-8-4-2-1-3-5-8;1-2-5-3-4-1;;/h1-7,12H,(H,10,11);1-3H,(H,4,5);;/q;;-2;+4/b7-6+;;;. The van der Waals surface area contributed by atoms with E-state index in [0.717, 1.165) is 5.56 Å². The topological polar surface area (TPSA) is 107 Å². The fourth-order valence-electron chi connectivity index (χ4n) is 0.988. The SMILES string of the molecule is O=C(/C=C/c1ccccc1)NO.[O-2].[V+4].c1c[nH]cn1. The average molecular weight is 298 g/mol. The van der Waals surface area contributed by atoms with Crippen LogP contribution in [-0.4, -0.2) is 21.1 Å². The van der Waals surface area contributed by atoms with E-state index in [1.165, 1.54) is 11.6 Å². The van der Waals surface area contributed by atoms with E-state index in [4.69, 9.17) is 5.21 Å². The maximum Gasteiger partial charge on any atom is 4.00 e. The molecule has 19 heavy (non-hydrogen) atoms. The first-order valence-electron chi connectivity index (χ1n) is 4.93. The maximum absolute atomic E-state index is 10.5. The fourth-order valence-corrected chi connectivity index (χ4v) is 0.988. The van der Waals surface area contributed by atoms with Crippen molar-refractivity contribution < 1.29 is 34.0 Å². The van der Waals surface area contributed by atoms with Crippen LogP contribution in [0.4, 0.5) is 0 Å². The van der Waals surface area contributed by atoms with Gasteiger partial charge in [-0.2, -0.15) is 0 Å². The molecule has 2 rings (SSSR count). The number of amides is 1. The van der Waals surface area contributed by atoms with Gasteiger partial charge < -0.3 is 10.5 Å². The van der Waals surface area contributed by atoms with E-state index in [2.05, 4.69) is 9.97 Å².